The Hall–Kier alpha value is -2.96. The van der Waals surface area contributed by atoms with Crippen LogP contribution in [0.1, 0.15) is 53.0 Å². The molecule has 1 aromatic carbocycles. The SMILES string of the molecule is O=C(NCC1CC1)c1ccc2c(c1)C1C(CCN1C(=O)O)C(c1ccco1)N2. The molecule has 2 fully saturated rings. The quantitative estimate of drug-likeness (QED) is 0.752. The molecule has 0 bridgehead atoms. The molecule has 28 heavy (non-hydrogen) atoms. The zero-order chi connectivity index (χ0) is 19.3. The summed E-state index contributed by atoms with van der Waals surface area (Å²) in [6, 6.07) is 8.91. The van der Waals surface area contributed by atoms with Crippen molar-refractivity contribution in [2.45, 2.75) is 31.3 Å². The molecular weight excluding hydrogens is 358 g/mol. The second-order valence-electron chi connectivity index (χ2n) is 7.97. The van der Waals surface area contributed by atoms with Gasteiger partial charge in [0.2, 0.25) is 0 Å². The number of nitrogens with one attached hydrogen (secondary N) is 2. The van der Waals surface area contributed by atoms with Crippen molar-refractivity contribution < 1.29 is 19.1 Å². The van der Waals surface area contributed by atoms with Gasteiger partial charge in [0, 0.05) is 30.3 Å². The molecule has 1 aromatic heterocycles. The summed E-state index contributed by atoms with van der Waals surface area (Å²) in [6.45, 7) is 1.18. The molecule has 146 valence electrons. The third kappa shape index (κ3) is 2.91. The minimum Gasteiger partial charge on any atom is -0.467 e. The van der Waals surface area contributed by atoms with E-state index in [1.165, 1.54) is 17.7 Å². The number of fused-ring (bicyclic) bond motifs is 3. The topological polar surface area (TPSA) is 94.8 Å². The van der Waals surface area contributed by atoms with E-state index >= 15 is 0 Å². The van der Waals surface area contributed by atoms with Gasteiger partial charge in [0.25, 0.3) is 5.91 Å². The molecule has 1 saturated heterocycles. The zero-order valence-electron chi connectivity index (χ0n) is 15.4. The van der Waals surface area contributed by atoms with Gasteiger partial charge in [-0.3, -0.25) is 4.79 Å². The van der Waals surface area contributed by atoms with Crippen molar-refractivity contribution in [3.05, 3.63) is 53.5 Å². The van der Waals surface area contributed by atoms with Crippen LogP contribution in [0.2, 0.25) is 0 Å². The standard InChI is InChI=1S/C21H23N3O4/c25-20(22-11-12-3-4-12)13-5-6-16-15(10-13)19-14(7-8-24(19)21(26)27)18(23-16)17-2-1-9-28-17/h1-2,5-6,9-10,12,14,18-19,23H,3-4,7-8,11H2,(H,22,25)(H,26,27). The Morgan fingerprint density at radius 2 is 2.11 bits per heavy atom. The molecule has 7 heteroatoms. The first-order valence-corrected chi connectivity index (χ1v) is 9.83. The van der Waals surface area contributed by atoms with Crippen LogP contribution >= 0.6 is 0 Å². The molecule has 5 rings (SSSR count). The van der Waals surface area contributed by atoms with Crippen LogP contribution in [0.4, 0.5) is 10.5 Å². The van der Waals surface area contributed by atoms with Crippen LogP contribution in [-0.4, -0.2) is 35.1 Å². The molecule has 2 aromatic rings. The summed E-state index contributed by atoms with van der Waals surface area (Å²) in [7, 11) is 0. The third-order valence-electron chi connectivity index (χ3n) is 6.16. The maximum Gasteiger partial charge on any atom is 0.407 e. The normalized spacial score (nSPS) is 25.6. The van der Waals surface area contributed by atoms with Gasteiger partial charge in [-0.1, -0.05) is 0 Å². The molecule has 3 unspecified atom stereocenters. The van der Waals surface area contributed by atoms with Gasteiger partial charge < -0.3 is 25.1 Å². The number of likely N-dealkylation sites (tertiary alicyclic amines) is 1. The number of carbonyl (C=O) groups excluding carboxylic acids is 1. The molecular formula is C21H23N3O4. The highest BCUT2D eigenvalue weighted by atomic mass is 16.4. The Balaban J connectivity index is 1.50. The van der Waals surface area contributed by atoms with E-state index in [-0.39, 0.29) is 23.9 Å². The summed E-state index contributed by atoms with van der Waals surface area (Å²) in [5, 5.41) is 16.2. The summed E-state index contributed by atoms with van der Waals surface area (Å²) in [5.74, 6) is 1.37. The van der Waals surface area contributed by atoms with Gasteiger partial charge in [-0.15, -0.1) is 0 Å². The molecule has 0 spiro atoms. The molecule has 3 N–H and O–H groups in total. The Labute approximate surface area is 162 Å². The van der Waals surface area contributed by atoms with Gasteiger partial charge in [0.1, 0.15) is 5.76 Å². The van der Waals surface area contributed by atoms with Crippen molar-refractivity contribution in [3.63, 3.8) is 0 Å². The van der Waals surface area contributed by atoms with E-state index in [0.29, 0.717) is 24.6 Å². The van der Waals surface area contributed by atoms with Crippen molar-refractivity contribution in [1.82, 2.24) is 10.2 Å². The monoisotopic (exact) mass is 381 g/mol. The largest absolute Gasteiger partial charge is 0.467 e. The van der Waals surface area contributed by atoms with E-state index in [2.05, 4.69) is 10.6 Å². The lowest BCUT2D eigenvalue weighted by atomic mass is 9.81. The van der Waals surface area contributed by atoms with Crippen LogP contribution in [0, 0.1) is 11.8 Å². The van der Waals surface area contributed by atoms with Crippen LogP contribution in [-0.2, 0) is 0 Å². The number of hydrogen-bond acceptors (Lipinski definition) is 4. The number of carboxylic acid groups (broad SMARTS) is 1. The van der Waals surface area contributed by atoms with E-state index in [1.807, 2.05) is 24.3 Å². The number of anilines is 1. The first-order valence-electron chi connectivity index (χ1n) is 9.83. The predicted octanol–water partition coefficient (Wildman–Crippen LogP) is 3.63. The Kier molecular flexibility index (Phi) is 4.03. The minimum absolute atomic E-state index is 0.0551. The minimum atomic E-state index is -0.929. The summed E-state index contributed by atoms with van der Waals surface area (Å²) in [6.07, 6.45) is 3.81. The zero-order valence-corrected chi connectivity index (χ0v) is 15.4. The number of carbonyl (C=O) groups is 2. The fourth-order valence-electron chi connectivity index (χ4n) is 4.54. The lowest BCUT2D eigenvalue weighted by Crippen LogP contribution is -2.37. The van der Waals surface area contributed by atoms with Crippen molar-refractivity contribution in [2.24, 2.45) is 11.8 Å². The second kappa shape index (κ2) is 6.58. The number of amides is 2. The molecule has 2 aliphatic heterocycles. The summed E-state index contributed by atoms with van der Waals surface area (Å²) >= 11 is 0. The van der Waals surface area contributed by atoms with Gasteiger partial charge >= 0.3 is 6.09 Å². The summed E-state index contributed by atoms with van der Waals surface area (Å²) < 4.78 is 5.62. The molecule has 7 nitrogen and oxygen atoms in total. The lowest BCUT2D eigenvalue weighted by Gasteiger charge is -2.38. The fourth-order valence-corrected chi connectivity index (χ4v) is 4.54. The second-order valence-corrected chi connectivity index (χ2v) is 7.97. The van der Waals surface area contributed by atoms with E-state index in [1.54, 1.807) is 12.3 Å². The van der Waals surface area contributed by atoms with E-state index in [4.69, 9.17) is 4.42 Å². The van der Waals surface area contributed by atoms with E-state index < -0.39 is 6.09 Å². The number of benzene rings is 1. The molecule has 0 radical (unpaired) electrons. The molecule has 3 atom stereocenters. The van der Waals surface area contributed by atoms with Gasteiger partial charge in [-0.05, 0) is 61.1 Å². The predicted molar refractivity (Wildman–Crippen MR) is 102 cm³/mol. The smallest absolute Gasteiger partial charge is 0.407 e. The molecule has 2 amide bonds. The van der Waals surface area contributed by atoms with Crippen molar-refractivity contribution >= 4 is 17.7 Å². The highest BCUT2D eigenvalue weighted by Gasteiger charge is 2.47. The van der Waals surface area contributed by atoms with Gasteiger partial charge in [0.15, 0.2) is 0 Å². The number of hydrogen-bond donors (Lipinski definition) is 3. The van der Waals surface area contributed by atoms with Crippen LogP contribution < -0.4 is 10.6 Å². The molecule has 1 aliphatic carbocycles. The van der Waals surface area contributed by atoms with Gasteiger partial charge in [-0.2, -0.15) is 0 Å². The first kappa shape index (κ1) is 17.2. The number of nitrogens with zero attached hydrogens (tertiary/aromatic N) is 1. The Morgan fingerprint density at radius 3 is 2.82 bits per heavy atom. The highest BCUT2D eigenvalue weighted by Crippen LogP contribution is 2.51. The lowest BCUT2D eigenvalue weighted by molar-refractivity contribution is 0.0951. The highest BCUT2D eigenvalue weighted by molar-refractivity contribution is 5.95. The Bertz CT molecular complexity index is 906. The third-order valence-corrected chi connectivity index (χ3v) is 6.16. The Morgan fingerprint density at radius 1 is 1.25 bits per heavy atom. The first-order chi connectivity index (χ1) is 13.6. The van der Waals surface area contributed by atoms with Crippen LogP contribution in [0.25, 0.3) is 0 Å². The van der Waals surface area contributed by atoms with Gasteiger partial charge in [-0.25, -0.2) is 4.79 Å². The maximum absolute atomic E-state index is 12.5. The van der Waals surface area contributed by atoms with Gasteiger partial charge in [0.05, 0.1) is 18.3 Å². The number of furan rings is 1. The van der Waals surface area contributed by atoms with E-state index in [0.717, 1.165) is 23.4 Å². The van der Waals surface area contributed by atoms with Crippen molar-refractivity contribution in [2.75, 3.05) is 18.4 Å². The van der Waals surface area contributed by atoms with Crippen molar-refractivity contribution in [3.8, 4) is 0 Å². The average Bonchev–Trinajstić information content (AvgIpc) is 3.18. The maximum atomic E-state index is 12.5. The summed E-state index contributed by atoms with van der Waals surface area (Å²) in [4.78, 5) is 25.9. The average molecular weight is 381 g/mol. The molecule has 3 heterocycles. The van der Waals surface area contributed by atoms with Crippen LogP contribution in [0.3, 0.4) is 0 Å². The summed E-state index contributed by atoms with van der Waals surface area (Å²) in [5.41, 5.74) is 2.30. The number of rotatable bonds is 4. The molecule has 3 aliphatic rings. The van der Waals surface area contributed by atoms with Crippen molar-refractivity contribution in [1.29, 1.82) is 0 Å². The fraction of sp³-hybridized carbons (Fsp3) is 0.429. The van der Waals surface area contributed by atoms with Crippen LogP contribution in [0.15, 0.2) is 41.0 Å². The van der Waals surface area contributed by atoms with Crippen LogP contribution in [0.5, 0.6) is 0 Å². The molecule has 1 saturated carbocycles. The van der Waals surface area contributed by atoms with E-state index in [9.17, 15) is 14.7 Å².